The molecule has 2 rings (SSSR count). The lowest BCUT2D eigenvalue weighted by Crippen LogP contribution is -2.42. The lowest BCUT2D eigenvalue weighted by molar-refractivity contribution is 0.427. The van der Waals surface area contributed by atoms with E-state index in [4.69, 9.17) is 5.26 Å². The summed E-state index contributed by atoms with van der Waals surface area (Å²) in [7, 11) is -3.70. The summed E-state index contributed by atoms with van der Waals surface area (Å²) < 4.78 is 27.3. The minimum Gasteiger partial charge on any atom is -0.244 e. The average molecular weight is 344 g/mol. The van der Waals surface area contributed by atoms with Crippen molar-refractivity contribution in [3.63, 3.8) is 0 Å². The van der Waals surface area contributed by atoms with E-state index in [1.54, 1.807) is 0 Å². The van der Waals surface area contributed by atoms with Crippen LogP contribution in [-0.4, -0.2) is 24.3 Å². The topological polar surface area (TPSA) is 82.8 Å². The molecule has 0 radical (unpaired) electrons. The van der Waals surface area contributed by atoms with Gasteiger partial charge in [-0.3, -0.25) is 0 Å². The molecule has 1 heterocycles. The van der Waals surface area contributed by atoms with Crippen LogP contribution in [0, 0.1) is 11.3 Å². The molecule has 1 aliphatic rings. The second-order valence-corrected chi connectivity index (χ2v) is 7.35. The summed E-state index contributed by atoms with van der Waals surface area (Å²) in [6, 6.07) is 4.59. The molecule has 5 nitrogen and oxygen atoms in total. The summed E-state index contributed by atoms with van der Waals surface area (Å²) in [5.41, 5.74) is -0.0723. The molecule has 1 saturated carbocycles. The zero-order chi connectivity index (χ0) is 13.9. The monoisotopic (exact) mass is 343 g/mol. The summed E-state index contributed by atoms with van der Waals surface area (Å²) in [6.07, 6.45) is 5.27. The molecule has 1 N–H and O–H groups in total. The minimum absolute atomic E-state index is 0.0530. The SMILES string of the molecule is N#Cc1ncccc1S(=O)(=O)NC1CCCCC1Br. The van der Waals surface area contributed by atoms with Gasteiger partial charge in [-0.25, -0.2) is 18.1 Å². The number of aromatic nitrogens is 1. The summed E-state index contributed by atoms with van der Waals surface area (Å²) in [5, 5.41) is 8.93. The number of rotatable bonds is 3. The molecule has 102 valence electrons. The van der Waals surface area contributed by atoms with Gasteiger partial charge in [0.05, 0.1) is 0 Å². The molecule has 7 heteroatoms. The highest BCUT2D eigenvalue weighted by Gasteiger charge is 2.29. The fraction of sp³-hybridized carbons (Fsp3) is 0.500. The van der Waals surface area contributed by atoms with E-state index in [9.17, 15) is 8.42 Å². The van der Waals surface area contributed by atoms with E-state index in [0.717, 1.165) is 25.7 Å². The van der Waals surface area contributed by atoms with E-state index in [1.807, 2.05) is 6.07 Å². The number of halogens is 1. The summed E-state index contributed by atoms with van der Waals surface area (Å²) in [4.78, 5) is 3.87. The number of nitriles is 1. The highest BCUT2D eigenvalue weighted by atomic mass is 79.9. The Bertz CT molecular complexity index is 597. The van der Waals surface area contributed by atoms with Gasteiger partial charge in [0.2, 0.25) is 10.0 Å². The van der Waals surface area contributed by atoms with Gasteiger partial charge in [0.15, 0.2) is 5.69 Å². The molecule has 0 aromatic carbocycles. The van der Waals surface area contributed by atoms with Crippen molar-refractivity contribution in [3.05, 3.63) is 24.0 Å². The van der Waals surface area contributed by atoms with Crippen LogP contribution in [-0.2, 0) is 10.0 Å². The van der Waals surface area contributed by atoms with E-state index in [-0.39, 0.29) is 21.5 Å². The van der Waals surface area contributed by atoms with E-state index in [2.05, 4.69) is 25.6 Å². The number of nitrogens with one attached hydrogen (secondary N) is 1. The maximum Gasteiger partial charge on any atom is 0.243 e. The van der Waals surface area contributed by atoms with E-state index in [1.165, 1.54) is 18.3 Å². The van der Waals surface area contributed by atoms with E-state index in [0.29, 0.717) is 0 Å². The van der Waals surface area contributed by atoms with Gasteiger partial charge in [-0.05, 0) is 25.0 Å². The maximum atomic E-state index is 12.3. The van der Waals surface area contributed by atoms with Crippen LogP contribution in [0.5, 0.6) is 0 Å². The molecular weight excluding hydrogens is 330 g/mol. The van der Waals surface area contributed by atoms with Crippen molar-refractivity contribution >= 4 is 26.0 Å². The Morgan fingerprint density at radius 2 is 2.16 bits per heavy atom. The Morgan fingerprint density at radius 3 is 2.84 bits per heavy atom. The maximum absolute atomic E-state index is 12.3. The van der Waals surface area contributed by atoms with Crippen LogP contribution >= 0.6 is 15.9 Å². The van der Waals surface area contributed by atoms with Crippen LogP contribution in [0.4, 0.5) is 0 Å². The zero-order valence-corrected chi connectivity index (χ0v) is 12.6. The number of nitrogens with zero attached hydrogens (tertiary/aromatic N) is 2. The zero-order valence-electron chi connectivity index (χ0n) is 10.2. The third-order valence-electron chi connectivity index (χ3n) is 3.15. The second kappa shape index (κ2) is 5.99. The highest BCUT2D eigenvalue weighted by molar-refractivity contribution is 9.09. The number of hydrogen-bond donors (Lipinski definition) is 1. The number of sulfonamides is 1. The van der Waals surface area contributed by atoms with Gasteiger partial charge in [-0.1, -0.05) is 28.8 Å². The molecule has 0 amide bonds. The molecule has 0 aliphatic heterocycles. The minimum atomic E-state index is -3.70. The van der Waals surface area contributed by atoms with Gasteiger partial charge in [0.1, 0.15) is 11.0 Å². The fourth-order valence-electron chi connectivity index (χ4n) is 2.17. The first kappa shape index (κ1) is 14.4. The number of pyridine rings is 1. The molecule has 19 heavy (non-hydrogen) atoms. The van der Waals surface area contributed by atoms with Crippen molar-refractivity contribution in [2.75, 3.05) is 0 Å². The van der Waals surface area contributed by atoms with Gasteiger partial charge in [0, 0.05) is 17.1 Å². The Labute approximate surface area is 121 Å². The molecule has 2 atom stereocenters. The normalized spacial score (nSPS) is 23.8. The van der Waals surface area contributed by atoms with Crippen molar-refractivity contribution in [2.24, 2.45) is 0 Å². The van der Waals surface area contributed by atoms with Crippen LogP contribution in [0.2, 0.25) is 0 Å². The molecule has 1 fully saturated rings. The molecule has 1 aliphatic carbocycles. The third-order valence-corrected chi connectivity index (χ3v) is 5.77. The summed E-state index contributed by atoms with van der Waals surface area (Å²) >= 11 is 3.51. The van der Waals surface area contributed by atoms with Crippen molar-refractivity contribution in [1.29, 1.82) is 5.26 Å². The first-order valence-electron chi connectivity index (χ1n) is 6.06. The Hall–Kier alpha value is -0.970. The van der Waals surface area contributed by atoms with Crippen molar-refractivity contribution in [2.45, 2.75) is 41.4 Å². The third kappa shape index (κ3) is 3.32. The highest BCUT2D eigenvalue weighted by Crippen LogP contribution is 2.26. The lowest BCUT2D eigenvalue weighted by Gasteiger charge is -2.27. The Morgan fingerprint density at radius 1 is 1.42 bits per heavy atom. The molecule has 1 aromatic heterocycles. The molecule has 0 saturated heterocycles. The van der Waals surface area contributed by atoms with Crippen molar-refractivity contribution < 1.29 is 8.42 Å². The average Bonchev–Trinajstić information content (AvgIpc) is 2.41. The smallest absolute Gasteiger partial charge is 0.243 e. The van der Waals surface area contributed by atoms with Gasteiger partial charge in [-0.15, -0.1) is 0 Å². The van der Waals surface area contributed by atoms with Crippen LogP contribution in [0.25, 0.3) is 0 Å². The number of hydrogen-bond acceptors (Lipinski definition) is 4. The van der Waals surface area contributed by atoms with Crippen LogP contribution in [0.3, 0.4) is 0 Å². The molecule has 2 unspecified atom stereocenters. The molecule has 1 aromatic rings. The quantitative estimate of drug-likeness (QED) is 0.850. The summed E-state index contributed by atoms with van der Waals surface area (Å²) in [5.74, 6) is 0. The van der Waals surface area contributed by atoms with Gasteiger partial charge in [-0.2, -0.15) is 5.26 Å². The van der Waals surface area contributed by atoms with Crippen LogP contribution in [0.1, 0.15) is 31.4 Å². The van der Waals surface area contributed by atoms with E-state index >= 15 is 0 Å². The van der Waals surface area contributed by atoms with Gasteiger partial charge in [0.25, 0.3) is 0 Å². The van der Waals surface area contributed by atoms with Crippen LogP contribution in [0.15, 0.2) is 23.2 Å². The van der Waals surface area contributed by atoms with E-state index < -0.39 is 10.0 Å². The molecule has 0 spiro atoms. The summed E-state index contributed by atoms with van der Waals surface area (Å²) in [6.45, 7) is 0. The first-order valence-corrected chi connectivity index (χ1v) is 8.46. The van der Waals surface area contributed by atoms with Crippen molar-refractivity contribution in [1.82, 2.24) is 9.71 Å². The second-order valence-electron chi connectivity index (χ2n) is 4.49. The number of alkyl halides is 1. The Balaban J connectivity index is 2.25. The fourth-order valence-corrected chi connectivity index (χ4v) is 4.49. The molecule has 0 bridgehead atoms. The first-order chi connectivity index (χ1) is 9.04. The van der Waals surface area contributed by atoms with Crippen LogP contribution < -0.4 is 4.72 Å². The lowest BCUT2D eigenvalue weighted by atomic mass is 9.96. The molecular formula is C12H14BrN3O2S. The predicted molar refractivity (Wildman–Crippen MR) is 74.2 cm³/mol. The Kier molecular flexibility index (Phi) is 4.55. The van der Waals surface area contributed by atoms with Gasteiger partial charge >= 0.3 is 0 Å². The van der Waals surface area contributed by atoms with Crippen molar-refractivity contribution in [3.8, 4) is 6.07 Å². The van der Waals surface area contributed by atoms with Gasteiger partial charge < -0.3 is 0 Å². The largest absolute Gasteiger partial charge is 0.244 e. The predicted octanol–water partition coefficient (Wildman–Crippen LogP) is 1.94. The standard InChI is InChI=1S/C12H14BrN3O2S/c13-9-4-1-2-5-10(9)16-19(17,18)12-6-3-7-15-11(12)8-14/h3,6-7,9-10,16H,1-2,4-5H2.